The van der Waals surface area contributed by atoms with Crippen molar-refractivity contribution in [3.63, 3.8) is 0 Å². The molecular weight excluding hydrogens is 232 g/mol. The molecule has 0 radical (unpaired) electrons. The maximum Gasteiger partial charge on any atom is 0.0117 e. The predicted molar refractivity (Wildman–Crippen MR) is 83.5 cm³/mol. The molecule has 1 aliphatic carbocycles. The molecule has 112 valence electrons. The zero-order chi connectivity index (χ0) is 13.5. The summed E-state index contributed by atoms with van der Waals surface area (Å²) in [5, 5.41) is 3.72. The van der Waals surface area contributed by atoms with Crippen LogP contribution in [0.1, 0.15) is 65.2 Å². The number of piperidine rings is 1. The number of likely N-dealkylation sites (tertiary alicyclic amines) is 1. The maximum atomic E-state index is 3.72. The fraction of sp³-hybridized carbons (Fsp3) is 1.00. The third-order valence-corrected chi connectivity index (χ3v) is 5.21. The highest BCUT2D eigenvalue weighted by atomic mass is 15.1. The summed E-state index contributed by atoms with van der Waals surface area (Å²) in [6, 6.07) is 0.769. The molecule has 2 unspecified atom stereocenters. The molecule has 0 aromatic carbocycles. The first kappa shape index (κ1) is 15.3. The SMILES string of the molecule is CCCNC1CCN(CCCC2CCCC2)CC1C. The zero-order valence-corrected chi connectivity index (χ0v) is 13.2. The van der Waals surface area contributed by atoms with Gasteiger partial charge in [-0.2, -0.15) is 0 Å². The number of nitrogens with zero attached hydrogens (tertiary/aromatic N) is 1. The van der Waals surface area contributed by atoms with Crippen molar-refractivity contribution in [2.45, 2.75) is 71.3 Å². The Morgan fingerprint density at radius 3 is 2.63 bits per heavy atom. The summed E-state index contributed by atoms with van der Waals surface area (Å²) in [5.74, 6) is 1.90. The lowest BCUT2D eigenvalue weighted by atomic mass is 9.93. The fourth-order valence-electron chi connectivity index (χ4n) is 3.97. The Hall–Kier alpha value is -0.0800. The first-order valence-electron chi connectivity index (χ1n) is 8.75. The zero-order valence-electron chi connectivity index (χ0n) is 13.2. The first-order valence-corrected chi connectivity index (χ1v) is 8.75. The fourth-order valence-corrected chi connectivity index (χ4v) is 3.97. The van der Waals surface area contributed by atoms with Crippen molar-refractivity contribution in [3.05, 3.63) is 0 Å². The van der Waals surface area contributed by atoms with Gasteiger partial charge in [-0.3, -0.25) is 0 Å². The molecule has 1 heterocycles. The molecule has 1 aliphatic heterocycles. The van der Waals surface area contributed by atoms with Gasteiger partial charge in [0.05, 0.1) is 0 Å². The molecule has 0 bridgehead atoms. The van der Waals surface area contributed by atoms with E-state index in [-0.39, 0.29) is 0 Å². The monoisotopic (exact) mass is 266 g/mol. The van der Waals surface area contributed by atoms with E-state index in [2.05, 4.69) is 24.1 Å². The molecule has 2 heteroatoms. The normalized spacial score (nSPS) is 30.0. The van der Waals surface area contributed by atoms with Crippen LogP contribution in [0.4, 0.5) is 0 Å². The molecule has 19 heavy (non-hydrogen) atoms. The highest BCUT2D eigenvalue weighted by Crippen LogP contribution is 2.28. The topological polar surface area (TPSA) is 15.3 Å². The highest BCUT2D eigenvalue weighted by molar-refractivity contribution is 4.82. The van der Waals surface area contributed by atoms with Crippen molar-refractivity contribution in [1.82, 2.24) is 10.2 Å². The van der Waals surface area contributed by atoms with E-state index < -0.39 is 0 Å². The molecule has 1 saturated carbocycles. The summed E-state index contributed by atoms with van der Waals surface area (Å²) in [4.78, 5) is 2.71. The molecule has 0 amide bonds. The summed E-state index contributed by atoms with van der Waals surface area (Å²) in [6.45, 7) is 9.85. The Balaban J connectivity index is 1.58. The third kappa shape index (κ3) is 5.07. The molecule has 1 saturated heterocycles. The summed E-state index contributed by atoms with van der Waals surface area (Å²) in [5.41, 5.74) is 0. The second-order valence-electron chi connectivity index (χ2n) is 6.92. The van der Waals surface area contributed by atoms with E-state index in [1.807, 2.05) is 0 Å². The van der Waals surface area contributed by atoms with Crippen molar-refractivity contribution in [2.75, 3.05) is 26.2 Å². The molecule has 0 aromatic heterocycles. The lowest BCUT2D eigenvalue weighted by Gasteiger charge is -2.37. The van der Waals surface area contributed by atoms with Crippen molar-refractivity contribution in [2.24, 2.45) is 11.8 Å². The quantitative estimate of drug-likeness (QED) is 0.756. The number of hydrogen-bond acceptors (Lipinski definition) is 2. The smallest absolute Gasteiger partial charge is 0.0117 e. The Morgan fingerprint density at radius 2 is 1.95 bits per heavy atom. The lowest BCUT2D eigenvalue weighted by molar-refractivity contribution is 0.143. The van der Waals surface area contributed by atoms with Crippen molar-refractivity contribution >= 4 is 0 Å². The van der Waals surface area contributed by atoms with Gasteiger partial charge < -0.3 is 10.2 Å². The van der Waals surface area contributed by atoms with Gasteiger partial charge in [-0.15, -0.1) is 0 Å². The van der Waals surface area contributed by atoms with Crippen LogP contribution >= 0.6 is 0 Å². The van der Waals surface area contributed by atoms with Crippen LogP contribution in [-0.2, 0) is 0 Å². The van der Waals surface area contributed by atoms with Gasteiger partial charge in [0.1, 0.15) is 0 Å². The van der Waals surface area contributed by atoms with E-state index >= 15 is 0 Å². The van der Waals surface area contributed by atoms with Gasteiger partial charge in [-0.05, 0) is 57.2 Å². The third-order valence-electron chi connectivity index (χ3n) is 5.21. The minimum atomic E-state index is 0.769. The lowest BCUT2D eigenvalue weighted by Crippen LogP contribution is -2.48. The van der Waals surface area contributed by atoms with Crippen LogP contribution in [0.2, 0.25) is 0 Å². The van der Waals surface area contributed by atoms with Crippen LogP contribution in [0.5, 0.6) is 0 Å². The van der Waals surface area contributed by atoms with Gasteiger partial charge >= 0.3 is 0 Å². The van der Waals surface area contributed by atoms with Gasteiger partial charge in [0.2, 0.25) is 0 Å². The van der Waals surface area contributed by atoms with Crippen LogP contribution in [0.3, 0.4) is 0 Å². The van der Waals surface area contributed by atoms with E-state index in [1.165, 1.54) is 77.5 Å². The van der Waals surface area contributed by atoms with Gasteiger partial charge in [0.15, 0.2) is 0 Å². The largest absolute Gasteiger partial charge is 0.314 e. The van der Waals surface area contributed by atoms with Crippen LogP contribution in [-0.4, -0.2) is 37.1 Å². The van der Waals surface area contributed by atoms with Gasteiger partial charge in [0.25, 0.3) is 0 Å². The Bertz CT molecular complexity index is 235. The number of rotatable bonds is 7. The second kappa shape index (κ2) is 8.26. The molecule has 0 spiro atoms. The molecule has 2 rings (SSSR count). The average Bonchev–Trinajstić information content (AvgIpc) is 2.91. The van der Waals surface area contributed by atoms with Crippen molar-refractivity contribution in [3.8, 4) is 0 Å². The highest BCUT2D eigenvalue weighted by Gasteiger charge is 2.25. The van der Waals surface area contributed by atoms with Gasteiger partial charge in [0, 0.05) is 12.6 Å². The second-order valence-corrected chi connectivity index (χ2v) is 6.92. The van der Waals surface area contributed by atoms with Crippen molar-refractivity contribution < 1.29 is 0 Å². The van der Waals surface area contributed by atoms with E-state index in [4.69, 9.17) is 0 Å². The Labute approximate surface area is 120 Å². The van der Waals surface area contributed by atoms with Gasteiger partial charge in [-0.25, -0.2) is 0 Å². The minimum Gasteiger partial charge on any atom is -0.314 e. The molecule has 1 N–H and O–H groups in total. The Morgan fingerprint density at radius 1 is 1.16 bits per heavy atom. The first-order chi connectivity index (χ1) is 9.29. The number of nitrogens with one attached hydrogen (secondary N) is 1. The van der Waals surface area contributed by atoms with Crippen LogP contribution in [0.15, 0.2) is 0 Å². The average molecular weight is 266 g/mol. The molecular formula is C17H34N2. The molecule has 2 atom stereocenters. The van der Waals surface area contributed by atoms with Gasteiger partial charge in [-0.1, -0.05) is 39.5 Å². The summed E-state index contributed by atoms with van der Waals surface area (Å²) in [7, 11) is 0. The van der Waals surface area contributed by atoms with Crippen molar-refractivity contribution in [1.29, 1.82) is 0 Å². The van der Waals surface area contributed by atoms with E-state index in [1.54, 1.807) is 0 Å². The Kier molecular flexibility index (Phi) is 6.66. The molecule has 2 nitrogen and oxygen atoms in total. The summed E-state index contributed by atoms with van der Waals surface area (Å²) in [6.07, 6.45) is 11.6. The predicted octanol–water partition coefficient (Wildman–Crippen LogP) is 3.67. The van der Waals surface area contributed by atoms with E-state index in [9.17, 15) is 0 Å². The van der Waals surface area contributed by atoms with Crippen LogP contribution in [0, 0.1) is 11.8 Å². The number of hydrogen-bond donors (Lipinski definition) is 1. The van der Waals surface area contributed by atoms with E-state index in [0.29, 0.717) is 0 Å². The summed E-state index contributed by atoms with van der Waals surface area (Å²) < 4.78 is 0. The van der Waals surface area contributed by atoms with E-state index in [0.717, 1.165) is 17.9 Å². The minimum absolute atomic E-state index is 0.769. The van der Waals surface area contributed by atoms with Crippen LogP contribution in [0.25, 0.3) is 0 Å². The molecule has 2 fully saturated rings. The molecule has 0 aromatic rings. The summed E-state index contributed by atoms with van der Waals surface area (Å²) >= 11 is 0. The standard InChI is InChI=1S/C17H34N2/c1-3-11-18-17-10-13-19(14-15(17)2)12-6-9-16-7-4-5-8-16/h15-18H,3-14H2,1-2H3. The maximum absolute atomic E-state index is 3.72. The molecule has 2 aliphatic rings. The van der Waals surface area contributed by atoms with Crippen LogP contribution < -0.4 is 5.32 Å².